The molecule has 180 valence electrons. The first-order chi connectivity index (χ1) is 16.2. The van der Waals surface area contributed by atoms with Crippen LogP contribution in [0.15, 0.2) is 30.7 Å². The fraction of sp³-hybridized carbons (Fsp3) is 0.458. The lowest BCUT2D eigenvalue weighted by Crippen LogP contribution is -2.50. The quantitative estimate of drug-likeness (QED) is 0.613. The summed E-state index contributed by atoms with van der Waals surface area (Å²) in [6, 6.07) is 2.91. The van der Waals surface area contributed by atoms with E-state index in [0.29, 0.717) is 31.0 Å². The first kappa shape index (κ1) is 22.5. The van der Waals surface area contributed by atoms with Crippen LogP contribution in [0.1, 0.15) is 25.1 Å². The summed E-state index contributed by atoms with van der Waals surface area (Å²) in [7, 11) is 0. The highest BCUT2D eigenvalue weighted by Gasteiger charge is 2.31. The van der Waals surface area contributed by atoms with Gasteiger partial charge in [-0.15, -0.1) is 0 Å². The summed E-state index contributed by atoms with van der Waals surface area (Å²) in [6.07, 6.45) is 5.74. The third kappa shape index (κ3) is 4.43. The van der Waals surface area contributed by atoms with Gasteiger partial charge < -0.3 is 19.7 Å². The van der Waals surface area contributed by atoms with Crippen molar-refractivity contribution in [1.82, 2.24) is 19.3 Å². The molecule has 10 heteroatoms. The van der Waals surface area contributed by atoms with Gasteiger partial charge in [-0.25, -0.2) is 19.2 Å². The number of aryl methyl sites for hydroxylation is 1. The van der Waals surface area contributed by atoms with E-state index in [1.165, 1.54) is 12.3 Å². The van der Waals surface area contributed by atoms with Gasteiger partial charge in [0.25, 0.3) is 0 Å². The van der Waals surface area contributed by atoms with Crippen molar-refractivity contribution in [3.8, 4) is 0 Å². The molecule has 0 atom stereocenters. The lowest BCUT2D eigenvalue weighted by atomic mass is 10.1. The van der Waals surface area contributed by atoms with Crippen LogP contribution < -0.4 is 15.1 Å². The first-order valence-corrected chi connectivity index (χ1v) is 11.6. The number of aliphatic hydroxyl groups is 1. The second kappa shape index (κ2) is 8.52. The Morgan fingerprint density at radius 3 is 2.71 bits per heavy atom. The molecule has 2 aliphatic rings. The van der Waals surface area contributed by atoms with Gasteiger partial charge in [-0.05, 0) is 33.3 Å². The fourth-order valence-electron chi connectivity index (χ4n) is 4.87. The summed E-state index contributed by atoms with van der Waals surface area (Å²) in [4.78, 5) is 28.0. The average molecular weight is 468 g/mol. The van der Waals surface area contributed by atoms with Gasteiger partial charge in [-0.3, -0.25) is 9.80 Å². The van der Waals surface area contributed by atoms with Crippen molar-refractivity contribution in [2.45, 2.75) is 32.8 Å². The number of carbonyl (C=O) groups is 1. The zero-order valence-corrected chi connectivity index (χ0v) is 19.8. The molecule has 5 heterocycles. The molecule has 1 fully saturated rings. The van der Waals surface area contributed by atoms with Gasteiger partial charge in [0.05, 0.1) is 17.0 Å². The predicted octanol–water partition coefficient (Wildman–Crippen LogP) is 2.66. The van der Waals surface area contributed by atoms with E-state index in [4.69, 9.17) is 0 Å². The minimum Gasteiger partial charge on any atom is -0.389 e. The monoisotopic (exact) mass is 467 g/mol. The molecular formula is C24H30FN7O2. The van der Waals surface area contributed by atoms with Crippen LogP contribution in [0.5, 0.6) is 0 Å². The number of aromatic nitrogens is 3. The van der Waals surface area contributed by atoms with Crippen LogP contribution in [0.2, 0.25) is 0 Å². The van der Waals surface area contributed by atoms with E-state index in [9.17, 15) is 14.3 Å². The lowest BCUT2D eigenvalue weighted by molar-refractivity contribution is 0.0345. The summed E-state index contributed by atoms with van der Waals surface area (Å²) in [5.74, 6) is 0.0883. The molecule has 0 radical (unpaired) electrons. The third-order valence-corrected chi connectivity index (χ3v) is 6.32. The van der Waals surface area contributed by atoms with Gasteiger partial charge in [0.2, 0.25) is 0 Å². The Morgan fingerprint density at radius 2 is 1.97 bits per heavy atom. The molecule has 0 bridgehead atoms. The van der Waals surface area contributed by atoms with Crippen molar-refractivity contribution in [2.75, 3.05) is 54.4 Å². The Morgan fingerprint density at radius 1 is 1.21 bits per heavy atom. The molecule has 9 nitrogen and oxygen atoms in total. The van der Waals surface area contributed by atoms with E-state index in [1.807, 2.05) is 26.8 Å². The smallest absolute Gasteiger partial charge is 0.327 e. The van der Waals surface area contributed by atoms with Crippen molar-refractivity contribution in [3.63, 3.8) is 0 Å². The number of piperazine rings is 1. The van der Waals surface area contributed by atoms with E-state index in [-0.39, 0.29) is 5.69 Å². The number of urea groups is 1. The number of amides is 2. The summed E-state index contributed by atoms with van der Waals surface area (Å²) < 4.78 is 16.3. The van der Waals surface area contributed by atoms with Gasteiger partial charge >= 0.3 is 6.03 Å². The number of imidazole rings is 1. The molecule has 0 aromatic carbocycles. The number of hydrogen-bond donors (Lipinski definition) is 2. The minimum absolute atomic E-state index is 0.0995. The van der Waals surface area contributed by atoms with Crippen molar-refractivity contribution in [3.05, 3.63) is 47.8 Å². The van der Waals surface area contributed by atoms with Crippen LogP contribution in [-0.2, 0) is 6.42 Å². The molecule has 0 spiro atoms. The Bertz CT molecular complexity index is 1230. The average Bonchev–Trinajstić information content (AvgIpc) is 3.36. The summed E-state index contributed by atoms with van der Waals surface area (Å²) in [6.45, 7) is 10.0. The molecule has 5 rings (SSSR count). The molecule has 0 unspecified atom stereocenters. The number of anilines is 3. The maximum Gasteiger partial charge on any atom is 0.327 e. The molecular weight excluding hydrogens is 437 g/mol. The van der Waals surface area contributed by atoms with Gasteiger partial charge in [0, 0.05) is 75.2 Å². The number of carbonyl (C=O) groups excluding carboxylic acids is 1. The summed E-state index contributed by atoms with van der Waals surface area (Å²) in [5, 5.41) is 12.8. The van der Waals surface area contributed by atoms with E-state index in [2.05, 4.69) is 25.1 Å². The number of pyridine rings is 2. The highest BCUT2D eigenvalue weighted by molar-refractivity contribution is 6.03. The van der Waals surface area contributed by atoms with Gasteiger partial charge in [0.15, 0.2) is 5.82 Å². The van der Waals surface area contributed by atoms with Crippen LogP contribution in [-0.4, -0.2) is 75.3 Å². The van der Waals surface area contributed by atoms with E-state index >= 15 is 0 Å². The Labute approximate surface area is 197 Å². The third-order valence-electron chi connectivity index (χ3n) is 6.32. The molecule has 2 N–H and O–H groups in total. The van der Waals surface area contributed by atoms with E-state index in [0.717, 1.165) is 43.1 Å². The molecule has 3 aromatic rings. The summed E-state index contributed by atoms with van der Waals surface area (Å²) >= 11 is 0. The number of rotatable bonds is 4. The van der Waals surface area contributed by atoms with Gasteiger partial charge in [-0.1, -0.05) is 0 Å². The Kier molecular flexibility index (Phi) is 5.65. The maximum atomic E-state index is 14.6. The summed E-state index contributed by atoms with van der Waals surface area (Å²) in [5.41, 5.74) is 2.78. The topological polar surface area (TPSA) is 89.2 Å². The van der Waals surface area contributed by atoms with Crippen molar-refractivity contribution < 1.29 is 14.3 Å². The molecule has 2 amide bonds. The van der Waals surface area contributed by atoms with Crippen LogP contribution >= 0.6 is 0 Å². The number of nitrogens with one attached hydrogen (secondary N) is 1. The van der Waals surface area contributed by atoms with E-state index < -0.39 is 17.4 Å². The first-order valence-electron chi connectivity index (χ1n) is 11.6. The largest absolute Gasteiger partial charge is 0.389 e. The van der Waals surface area contributed by atoms with Crippen LogP contribution in [0.3, 0.4) is 0 Å². The van der Waals surface area contributed by atoms with Crippen molar-refractivity contribution >= 4 is 28.9 Å². The van der Waals surface area contributed by atoms with Crippen LogP contribution in [0.4, 0.5) is 26.4 Å². The number of nitrogens with zero attached hydrogens (tertiary/aromatic N) is 6. The van der Waals surface area contributed by atoms with Gasteiger partial charge in [0.1, 0.15) is 11.5 Å². The molecule has 34 heavy (non-hydrogen) atoms. The highest BCUT2D eigenvalue weighted by atomic mass is 19.1. The number of halogens is 1. The minimum atomic E-state index is -0.714. The molecule has 2 aliphatic heterocycles. The molecule has 0 saturated carbocycles. The lowest BCUT2D eigenvalue weighted by Gasteiger charge is -2.39. The Balaban J connectivity index is 1.31. The predicted molar refractivity (Wildman–Crippen MR) is 129 cm³/mol. The SMILES string of the molecule is Cc1cn2cc(NC(=O)N3CCc4c(N5CCN(CC(C)(C)O)CC5)ccnc43)c(F)cc2n1. The standard InChI is InChI=1S/C24H30FN7O2/c1-16-13-31-14-19(18(25)12-21(31)27-16)28-23(33)32-7-5-17-20(4-6-26-22(17)32)30-10-8-29(9-11-30)15-24(2,3)34/h4,6,12-14,34H,5,7-11,15H2,1-3H3,(H,28,33). The number of β-amino-alcohol motifs (C(OH)–C–C–N with tert-alkyl or cyclic N) is 1. The van der Waals surface area contributed by atoms with Crippen molar-refractivity contribution in [1.29, 1.82) is 0 Å². The van der Waals surface area contributed by atoms with Crippen molar-refractivity contribution in [2.24, 2.45) is 0 Å². The zero-order chi connectivity index (χ0) is 24.0. The Hall–Kier alpha value is -3.24. The number of fused-ring (bicyclic) bond motifs is 2. The fourth-order valence-corrected chi connectivity index (χ4v) is 4.87. The van der Waals surface area contributed by atoms with Crippen LogP contribution in [0.25, 0.3) is 5.65 Å². The molecule has 3 aromatic heterocycles. The van der Waals surface area contributed by atoms with E-state index in [1.54, 1.807) is 21.7 Å². The number of hydrogen-bond acceptors (Lipinski definition) is 6. The second-order valence-electron chi connectivity index (χ2n) is 9.72. The molecule has 1 saturated heterocycles. The highest BCUT2D eigenvalue weighted by Crippen LogP contribution is 2.34. The van der Waals surface area contributed by atoms with Gasteiger partial charge in [-0.2, -0.15) is 0 Å². The maximum absolute atomic E-state index is 14.6. The van der Waals surface area contributed by atoms with Crippen LogP contribution in [0, 0.1) is 12.7 Å². The molecule has 0 aliphatic carbocycles. The normalized spacial score (nSPS) is 16.9. The second-order valence-corrected chi connectivity index (χ2v) is 9.72. The zero-order valence-electron chi connectivity index (χ0n) is 19.8.